The molecule has 162 valence electrons. The molecule has 0 saturated carbocycles. The zero-order valence-corrected chi connectivity index (χ0v) is 20.2. The molecule has 7 nitrogen and oxygen atoms in total. The van der Waals surface area contributed by atoms with Crippen molar-refractivity contribution >= 4 is 29.9 Å². The number of halogens is 1. The normalized spacial score (nSPS) is 11.4. The molecule has 0 fully saturated rings. The lowest BCUT2D eigenvalue weighted by Gasteiger charge is -2.16. The number of nitrogens with one attached hydrogen (secondary N) is 2. The standard InChI is InChI=1S/C21H33N5O2.HI/c1-5-22-21(23-11-6-12-26(3)13-14-27-4)24-15-19-16-28-20(25-19)18-9-7-17(2)8-10-18;/h7-10,16H,5-6,11-15H2,1-4H3,(H2,22,23,24);1H. The predicted octanol–water partition coefficient (Wildman–Crippen LogP) is 3.29. The van der Waals surface area contributed by atoms with Crippen LogP contribution in [0.2, 0.25) is 0 Å². The van der Waals surface area contributed by atoms with Gasteiger partial charge in [0.25, 0.3) is 0 Å². The van der Waals surface area contributed by atoms with Crippen LogP contribution in [0.4, 0.5) is 0 Å². The number of ether oxygens (including phenoxy) is 1. The van der Waals surface area contributed by atoms with Crippen LogP contribution in [-0.2, 0) is 11.3 Å². The second-order valence-electron chi connectivity index (χ2n) is 6.78. The van der Waals surface area contributed by atoms with Gasteiger partial charge in [-0.15, -0.1) is 24.0 Å². The van der Waals surface area contributed by atoms with E-state index in [1.807, 2.05) is 12.1 Å². The van der Waals surface area contributed by atoms with Gasteiger partial charge in [-0.05, 0) is 46.0 Å². The molecule has 0 aliphatic rings. The number of benzene rings is 1. The van der Waals surface area contributed by atoms with E-state index >= 15 is 0 Å². The molecule has 0 atom stereocenters. The van der Waals surface area contributed by atoms with Crippen molar-refractivity contribution in [2.75, 3.05) is 46.9 Å². The summed E-state index contributed by atoms with van der Waals surface area (Å²) >= 11 is 0. The van der Waals surface area contributed by atoms with Crippen molar-refractivity contribution in [1.82, 2.24) is 20.5 Å². The van der Waals surface area contributed by atoms with E-state index in [1.165, 1.54) is 5.56 Å². The van der Waals surface area contributed by atoms with Crippen molar-refractivity contribution in [2.24, 2.45) is 4.99 Å². The summed E-state index contributed by atoms with van der Waals surface area (Å²) in [7, 11) is 3.84. The number of guanidine groups is 1. The van der Waals surface area contributed by atoms with Crippen LogP contribution in [0.1, 0.15) is 24.6 Å². The number of aromatic nitrogens is 1. The zero-order valence-electron chi connectivity index (χ0n) is 17.9. The monoisotopic (exact) mass is 515 g/mol. The summed E-state index contributed by atoms with van der Waals surface area (Å²) in [5.74, 6) is 1.42. The van der Waals surface area contributed by atoms with E-state index in [0.29, 0.717) is 12.4 Å². The van der Waals surface area contributed by atoms with E-state index in [2.05, 4.69) is 58.5 Å². The maximum absolute atomic E-state index is 5.60. The Morgan fingerprint density at radius 2 is 1.97 bits per heavy atom. The first-order valence-electron chi connectivity index (χ1n) is 9.83. The summed E-state index contributed by atoms with van der Waals surface area (Å²) in [4.78, 5) is 11.4. The van der Waals surface area contributed by atoms with E-state index in [1.54, 1.807) is 13.4 Å². The molecule has 0 aliphatic heterocycles. The van der Waals surface area contributed by atoms with E-state index in [-0.39, 0.29) is 24.0 Å². The number of hydrogen-bond acceptors (Lipinski definition) is 5. The van der Waals surface area contributed by atoms with Crippen LogP contribution in [0.5, 0.6) is 0 Å². The lowest BCUT2D eigenvalue weighted by molar-refractivity contribution is 0.161. The smallest absolute Gasteiger partial charge is 0.226 e. The Hall–Kier alpha value is -1.65. The van der Waals surface area contributed by atoms with Gasteiger partial charge in [-0.25, -0.2) is 9.98 Å². The van der Waals surface area contributed by atoms with Gasteiger partial charge < -0.3 is 24.7 Å². The Morgan fingerprint density at radius 3 is 2.66 bits per heavy atom. The summed E-state index contributed by atoms with van der Waals surface area (Å²) in [6.45, 7) is 8.98. The van der Waals surface area contributed by atoms with Gasteiger partial charge in [0.1, 0.15) is 12.0 Å². The summed E-state index contributed by atoms with van der Waals surface area (Å²) in [6.07, 6.45) is 2.71. The molecular formula is C21H34IN5O2. The predicted molar refractivity (Wildman–Crippen MR) is 129 cm³/mol. The van der Waals surface area contributed by atoms with Crippen LogP contribution in [0.25, 0.3) is 11.5 Å². The molecule has 8 heteroatoms. The number of oxazole rings is 1. The van der Waals surface area contributed by atoms with E-state index in [0.717, 1.165) is 56.4 Å². The van der Waals surface area contributed by atoms with Crippen LogP contribution in [0.15, 0.2) is 39.9 Å². The Balaban J connectivity index is 0.00000420. The molecule has 1 aromatic heterocycles. The first-order chi connectivity index (χ1) is 13.6. The number of rotatable bonds is 11. The van der Waals surface area contributed by atoms with Gasteiger partial charge in [-0.1, -0.05) is 17.7 Å². The van der Waals surface area contributed by atoms with Gasteiger partial charge in [0.05, 0.1) is 13.2 Å². The second-order valence-corrected chi connectivity index (χ2v) is 6.78. The highest BCUT2D eigenvalue weighted by Gasteiger charge is 2.07. The molecule has 0 bridgehead atoms. The molecule has 1 heterocycles. The van der Waals surface area contributed by atoms with E-state index in [4.69, 9.17) is 9.15 Å². The van der Waals surface area contributed by atoms with Crippen molar-refractivity contribution in [3.63, 3.8) is 0 Å². The lowest BCUT2D eigenvalue weighted by Crippen LogP contribution is -2.38. The van der Waals surface area contributed by atoms with Crippen molar-refractivity contribution < 1.29 is 9.15 Å². The zero-order chi connectivity index (χ0) is 20.2. The second kappa shape index (κ2) is 14.4. The van der Waals surface area contributed by atoms with Gasteiger partial charge in [0.15, 0.2) is 5.96 Å². The van der Waals surface area contributed by atoms with Crippen LogP contribution < -0.4 is 10.6 Å². The fraction of sp³-hybridized carbons (Fsp3) is 0.524. The van der Waals surface area contributed by atoms with Crippen molar-refractivity contribution in [3.8, 4) is 11.5 Å². The van der Waals surface area contributed by atoms with E-state index in [9.17, 15) is 0 Å². The van der Waals surface area contributed by atoms with Crippen LogP contribution in [-0.4, -0.2) is 62.8 Å². The first-order valence-corrected chi connectivity index (χ1v) is 9.83. The summed E-state index contributed by atoms with van der Waals surface area (Å²) in [5, 5.41) is 6.64. The number of aliphatic imine (C=N–C) groups is 1. The molecule has 2 rings (SSSR count). The average molecular weight is 515 g/mol. The molecule has 0 amide bonds. The van der Waals surface area contributed by atoms with Crippen molar-refractivity contribution in [3.05, 3.63) is 41.8 Å². The minimum Gasteiger partial charge on any atom is -0.444 e. The minimum absolute atomic E-state index is 0. The molecular weight excluding hydrogens is 481 g/mol. The quantitative estimate of drug-likeness (QED) is 0.207. The summed E-state index contributed by atoms with van der Waals surface area (Å²) < 4.78 is 10.7. The Morgan fingerprint density at radius 1 is 1.21 bits per heavy atom. The highest BCUT2D eigenvalue weighted by atomic mass is 127. The Kier molecular flexibility index (Phi) is 12.6. The van der Waals surface area contributed by atoms with Crippen molar-refractivity contribution in [1.29, 1.82) is 0 Å². The average Bonchev–Trinajstić information content (AvgIpc) is 3.17. The number of aryl methyl sites for hydroxylation is 1. The molecule has 1 aromatic carbocycles. The molecule has 2 N–H and O–H groups in total. The maximum Gasteiger partial charge on any atom is 0.226 e. The molecule has 0 saturated heterocycles. The SMILES string of the molecule is CCNC(=NCc1coc(-c2ccc(C)cc2)n1)NCCCN(C)CCOC.I. The van der Waals surface area contributed by atoms with Gasteiger partial charge in [-0.3, -0.25) is 0 Å². The van der Waals surface area contributed by atoms with Gasteiger partial charge in [0.2, 0.25) is 5.89 Å². The topological polar surface area (TPSA) is 74.9 Å². The molecule has 0 aliphatic carbocycles. The summed E-state index contributed by atoms with van der Waals surface area (Å²) in [6, 6.07) is 8.14. The molecule has 29 heavy (non-hydrogen) atoms. The first kappa shape index (κ1) is 25.4. The third-order valence-corrected chi connectivity index (χ3v) is 4.28. The lowest BCUT2D eigenvalue weighted by atomic mass is 10.1. The summed E-state index contributed by atoms with van der Waals surface area (Å²) in [5.41, 5.74) is 3.00. The fourth-order valence-corrected chi connectivity index (χ4v) is 2.62. The largest absolute Gasteiger partial charge is 0.444 e. The van der Waals surface area contributed by atoms with Gasteiger partial charge in [-0.2, -0.15) is 0 Å². The number of hydrogen-bond donors (Lipinski definition) is 2. The Bertz CT molecular complexity index is 718. The van der Waals surface area contributed by atoms with Crippen LogP contribution >= 0.6 is 24.0 Å². The molecule has 2 aromatic rings. The van der Waals surface area contributed by atoms with Gasteiger partial charge in [0, 0.05) is 32.3 Å². The third-order valence-electron chi connectivity index (χ3n) is 4.28. The number of nitrogens with zero attached hydrogens (tertiary/aromatic N) is 3. The third kappa shape index (κ3) is 9.60. The van der Waals surface area contributed by atoms with Gasteiger partial charge >= 0.3 is 0 Å². The maximum atomic E-state index is 5.60. The molecule has 0 spiro atoms. The van der Waals surface area contributed by atoms with E-state index < -0.39 is 0 Å². The highest BCUT2D eigenvalue weighted by Crippen LogP contribution is 2.19. The molecule has 0 unspecified atom stereocenters. The van der Waals surface area contributed by atoms with Crippen LogP contribution in [0, 0.1) is 6.92 Å². The minimum atomic E-state index is 0. The highest BCUT2D eigenvalue weighted by molar-refractivity contribution is 14.0. The van der Waals surface area contributed by atoms with Crippen LogP contribution in [0.3, 0.4) is 0 Å². The Labute approximate surface area is 191 Å². The molecule has 0 radical (unpaired) electrons. The fourth-order valence-electron chi connectivity index (χ4n) is 2.62. The number of likely N-dealkylation sites (N-methyl/N-ethyl adjacent to an activating group) is 1. The number of methoxy groups -OCH3 is 1. The van der Waals surface area contributed by atoms with Crippen molar-refractivity contribution in [2.45, 2.75) is 26.8 Å².